The van der Waals surface area contributed by atoms with Crippen LogP contribution in [0.15, 0.2) is 42.6 Å². The number of morpholine rings is 1. The van der Waals surface area contributed by atoms with Crippen molar-refractivity contribution >= 4 is 17.5 Å². The molecule has 0 saturated carbocycles. The van der Waals surface area contributed by atoms with Crippen LogP contribution in [-0.2, 0) is 9.53 Å². The first-order valence-electron chi connectivity index (χ1n) is 10.1. The van der Waals surface area contributed by atoms with Gasteiger partial charge in [-0.2, -0.15) is 0 Å². The third-order valence-corrected chi connectivity index (χ3v) is 5.46. The monoisotopic (exact) mass is 394 g/mol. The zero-order valence-electron chi connectivity index (χ0n) is 16.6. The minimum atomic E-state index is -0.398. The lowest BCUT2D eigenvalue weighted by Gasteiger charge is -2.27. The lowest BCUT2D eigenvalue weighted by molar-refractivity contribution is -0.121. The zero-order valence-corrected chi connectivity index (χ0v) is 16.6. The van der Waals surface area contributed by atoms with Gasteiger partial charge in [0.05, 0.1) is 36.9 Å². The number of rotatable bonds is 6. The highest BCUT2D eigenvalue weighted by atomic mass is 16.5. The Kier molecular flexibility index (Phi) is 5.87. The first kappa shape index (κ1) is 19.5. The van der Waals surface area contributed by atoms with Crippen molar-refractivity contribution in [1.29, 1.82) is 0 Å². The molecule has 2 aliphatic heterocycles. The molecule has 7 heteroatoms. The quantitative estimate of drug-likeness (QED) is 0.810. The van der Waals surface area contributed by atoms with Gasteiger partial charge in [-0.1, -0.05) is 17.7 Å². The average molecular weight is 394 g/mol. The van der Waals surface area contributed by atoms with Gasteiger partial charge in [0.15, 0.2) is 0 Å². The van der Waals surface area contributed by atoms with E-state index < -0.39 is 6.04 Å². The molecule has 152 valence electrons. The molecule has 4 rings (SSSR count). The number of aryl methyl sites for hydroxylation is 1. The van der Waals surface area contributed by atoms with E-state index in [1.807, 2.05) is 31.2 Å². The molecule has 0 aliphatic carbocycles. The van der Waals surface area contributed by atoms with Crippen LogP contribution >= 0.6 is 0 Å². The van der Waals surface area contributed by atoms with E-state index in [0.717, 1.165) is 44.1 Å². The van der Waals surface area contributed by atoms with Gasteiger partial charge in [-0.3, -0.25) is 24.4 Å². The first-order valence-corrected chi connectivity index (χ1v) is 10.1. The van der Waals surface area contributed by atoms with E-state index in [1.54, 1.807) is 23.2 Å². The van der Waals surface area contributed by atoms with E-state index >= 15 is 0 Å². The molecular formula is C22H26N4O3. The Hall–Kier alpha value is -2.77. The van der Waals surface area contributed by atoms with Crippen LogP contribution in [0.2, 0.25) is 0 Å². The van der Waals surface area contributed by atoms with E-state index in [2.05, 4.69) is 15.2 Å². The highest BCUT2D eigenvalue weighted by molar-refractivity contribution is 6.11. The van der Waals surface area contributed by atoms with Crippen LogP contribution in [0.3, 0.4) is 0 Å². The van der Waals surface area contributed by atoms with Gasteiger partial charge >= 0.3 is 0 Å². The SMILES string of the molecule is Cc1ccc(N2C(=O)c3cccnc3[C@@H]2CC(=O)NCCN2CCOCC2)cc1. The van der Waals surface area contributed by atoms with Gasteiger partial charge in [0.25, 0.3) is 5.91 Å². The Bertz CT molecular complexity index is 878. The maximum Gasteiger partial charge on any atom is 0.260 e. The summed E-state index contributed by atoms with van der Waals surface area (Å²) in [4.78, 5) is 34.1. The fraction of sp³-hybridized carbons (Fsp3) is 0.409. The normalized spacial score (nSPS) is 19.3. The Morgan fingerprint density at radius 2 is 1.97 bits per heavy atom. The fourth-order valence-electron chi connectivity index (χ4n) is 3.87. The number of ether oxygens (including phenoxy) is 1. The molecule has 0 unspecified atom stereocenters. The molecule has 2 amide bonds. The number of fused-ring (bicyclic) bond motifs is 1. The lowest BCUT2D eigenvalue weighted by atomic mass is 10.1. The number of carbonyl (C=O) groups is 2. The molecule has 1 aromatic carbocycles. The van der Waals surface area contributed by atoms with E-state index in [0.29, 0.717) is 17.8 Å². The number of hydrogen-bond acceptors (Lipinski definition) is 5. The summed E-state index contributed by atoms with van der Waals surface area (Å²) in [5.74, 6) is -0.185. The summed E-state index contributed by atoms with van der Waals surface area (Å²) in [7, 11) is 0. The van der Waals surface area contributed by atoms with Crippen molar-refractivity contribution in [2.24, 2.45) is 0 Å². The second-order valence-electron chi connectivity index (χ2n) is 7.47. The third kappa shape index (κ3) is 4.31. The van der Waals surface area contributed by atoms with Gasteiger partial charge in [0.1, 0.15) is 0 Å². The number of carbonyl (C=O) groups excluding carboxylic acids is 2. The largest absolute Gasteiger partial charge is 0.379 e. The topological polar surface area (TPSA) is 74.8 Å². The van der Waals surface area contributed by atoms with Crippen LogP contribution in [-0.4, -0.2) is 61.1 Å². The van der Waals surface area contributed by atoms with Gasteiger partial charge in [0, 0.05) is 38.1 Å². The number of benzene rings is 1. The number of nitrogens with zero attached hydrogens (tertiary/aromatic N) is 3. The molecule has 29 heavy (non-hydrogen) atoms. The molecule has 1 atom stereocenters. The standard InChI is InChI=1S/C22H26N4O3/c1-16-4-6-17(7-5-16)26-19(21-18(22(26)28)3-2-8-24-21)15-20(27)23-9-10-25-11-13-29-14-12-25/h2-8,19H,9-15H2,1H3,(H,23,27)/t19-/m0/s1. The van der Waals surface area contributed by atoms with Crippen LogP contribution in [0.4, 0.5) is 5.69 Å². The van der Waals surface area contributed by atoms with Crippen LogP contribution in [0, 0.1) is 6.92 Å². The molecule has 7 nitrogen and oxygen atoms in total. The van der Waals surface area contributed by atoms with Crippen molar-refractivity contribution in [3.8, 4) is 0 Å². The summed E-state index contributed by atoms with van der Waals surface area (Å²) in [5, 5.41) is 3.00. The maximum atomic E-state index is 13.0. The number of pyridine rings is 1. The Morgan fingerprint density at radius 3 is 2.72 bits per heavy atom. The van der Waals surface area contributed by atoms with Crippen molar-refractivity contribution < 1.29 is 14.3 Å². The van der Waals surface area contributed by atoms with E-state index in [-0.39, 0.29) is 18.2 Å². The second-order valence-corrected chi connectivity index (χ2v) is 7.47. The molecule has 0 bridgehead atoms. The minimum Gasteiger partial charge on any atom is -0.379 e. The smallest absolute Gasteiger partial charge is 0.260 e. The predicted molar refractivity (Wildman–Crippen MR) is 110 cm³/mol. The van der Waals surface area contributed by atoms with E-state index in [4.69, 9.17) is 4.74 Å². The Morgan fingerprint density at radius 1 is 1.21 bits per heavy atom. The van der Waals surface area contributed by atoms with Crippen LogP contribution < -0.4 is 10.2 Å². The summed E-state index contributed by atoms with van der Waals surface area (Å²) < 4.78 is 5.35. The zero-order chi connectivity index (χ0) is 20.2. The van der Waals surface area contributed by atoms with Gasteiger partial charge in [-0.05, 0) is 31.2 Å². The summed E-state index contributed by atoms with van der Waals surface area (Å²) in [6.07, 6.45) is 1.86. The number of hydrogen-bond donors (Lipinski definition) is 1. The van der Waals surface area contributed by atoms with Gasteiger partial charge < -0.3 is 10.1 Å². The van der Waals surface area contributed by atoms with Crippen molar-refractivity contribution in [1.82, 2.24) is 15.2 Å². The number of aromatic nitrogens is 1. The average Bonchev–Trinajstić information content (AvgIpc) is 3.01. The lowest BCUT2D eigenvalue weighted by Crippen LogP contribution is -2.42. The number of nitrogens with one attached hydrogen (secondary N) is 1. The molecule has 2 aliphatic rings. The minimum absolute atomic E-state index is 0.0772. The van der Waals surface area contributed by atoms with Crippen LogP contribution in [0.1, 0.15) is 34.1 Å². The first-order chi connectivity index (χ1) is 14.1. The molecular weight excluding hydrogens is 368 g/mol. The van der Waals surface area contributed by atoms with Crippen molar-refractivity contribution in [2.45, 2.75) is 19.4 Å². The molecule has 1 fully saturated rings. The Labute approximate surface area is 170 Å². The van der Waals surface area contributed by atoms with Gasteiger partial charge in [-0.25, -0.2) is 0 Å². The van der Waals surface area contributed by atoms with Gasteiger partial charge in [0.2, 0.25) is 5.91 Å². The highest BCUT2D eigenvalue weighted by Gasteiger charge is 2.39. The summed E-state index contributed by atoms with van der Waals surface area (Å²) in [6.45, 7) is 6.66. The summed E-state index contributed by atoms with van der Waals surface area (Å²) in [5.41, 5.74) is 3.14. The van der Waals surface area contributed by atoms with E-state index in [9.17, 15) is 9.59 Å². The molecule has 0 radical (unpaired) electrons. The van der Waals surface area contributed by atoms with Crippen molar-refractivity contribution in [3.63, 3.8) is 0 Å². The summed E-state index contributed by atoms with van der Waals surface area (Å²) in [6, 6.07) is 10.9. The number of amides is 2. The third-order valence-electron chi connectivity index (χ3n) is 5.46. The highest BCUT2D eigenvalue weighted by Crippen LogP contribution is 2.38. The van der Waals surface area contributed by atoms with Crippen LogP contribution in [0.25, 0.3) is 0 Å². The molecule has 2 aromatic rings. The Balaban J connectivity index is 1.46. The molecule has 1 N–H and O–H groups in total. The van der Waals surface area contributed by atoms with E-state index in [1.165, 1.54) is 0 Å². The van der Waals surface area contributed by atoms with Crippen LogP contribution in [0.5, 0.6) is 0 Å². The molecule has 0 spiro atoms. The molecule has 1 aromatic heterocycles. The maximum absolute atomic E-state index is 13.0. The second kappa shape index (κ2) is 8.71. The molecule has 1 saturated heterocycles. The van der Waals surface area contributed by atoms with Crippen molar-refractivity contribution in [2.75, 3.05) is 44.3 Å². The fourth-order valence-corrected chi connectivity index (χ4v) is 3.87. The van der Waals surface area contributed by atoms with Crippen molar-refractivity contribution in [3.05, 3.63) is 59.4 Å². The molecule has 3 heterocycles. The van der Waals surface area contributed by atoms with Gasteiger partial charge in [-0.15, -0.1) is 0 Å². The predicted octanol–water partition coefficient (Wildman–Crippen LogP) is 1.93. The summed E-state index contributed by atoms with van der Waals surface area (Å²) >= 11 is 0. The number of anilines is 1.